The van der Waals surface area contributed by atoms with Gasteiger partial charge in [0.05, 0.1) is 0 Å². The topological polar surface area (TPSA) is 0 Å². The molecule has 0 radical (unpaired) electrons. The number of halogens is 2. The predicted octanol–water partition coefficient (Wildman–Crippen LogP) is 7.61. The molecule has 0 amide bonds. The monoisotopic (exact) mass is 436 g/mol. The van der Waals surface area contributed by atoms with Crippen LogP contribution in [0.15, 0.2) is 84.9 Å². The highest BCUT2D eigenvalue weighted by Crippen LogP contribution is 2.37. The molecule has 0 unspecified atom stereocenters. The molecule has 0 fully saturated rings. The minimum Gasteiger partial charge on any atom is -0.0616 e. The summed E-state index contributed by atoms with van der Waals surface area (Å²) < 4.78 is 2.12. The molecule has 4 aromatic carbocycles. The largest absolute Gasteiger partial charge is 0.0616 e. The van der Waals surface area contributed by atoms with Crippen LogP contribution in [0.2, 0.25) is 0 Å². The van der Waals surface area contributed by atoms with Gasteiger partial charge < -0.3 is 0 Å². The second kappa shape index (κ2) is 6.54. The van der Waals surface area contributed by atoms with E-state index in [0.717, 1.165) is 20.1 Å². The van der Waals surface area contributed by atoms with E-state index in [1.807, 2.05) is 0 Å². The van der Waals surface area contributed by atoms with Gasteiger partial charge in [0, 0.05) is 8.96 Å². The standard InChI is InChI=1S/C22H14Br2/c23-21(19-11-9-15-5-1-3-7-17(15)13-19)22(24)20-12-10-16-6-2-4-8-18(16)14-20/h1-14H. The lowest BCUT2D eigenvalue weighted by Gasteiger charge is -2.08. The first-order valence-corrected chi connectivity index (χ1v) is 9.34. The summed E-state index contributed by atoms with van der Waals surface area (Å²) in [5.41, 5.74) is 2.32. The summed E-state index contributed by atoms with van der Waals surface area (Å²) in [5, 5.41) is 4.99. The molecular weight excluding hydrogens is 424 g/mol. The lowest BCUT2D eigenvalue weighted by molar-refractivity contribution is 1.68. The first-order chi connectivity index (χ1) is 11.7. The molecule has 0 aliphatic heterocycles. The van der Waals surface area contributed by atoms with Crippen LogP contribution in [0.5, 0.6) is 0 Å². The zero-order valence-corrected chi connectivity index (χ0v) is 16.0. The van der Waals surface area contributed by atoms with Gasteiger partial charge in [0.15, 0.2) is 0 Å². The Morgan fingerprint density at radius 2 is 0.833 bits per heavy atom. The van der Waals surface area contributed by atoms with E-state index in [4.69, 9.17) is 0 Å². The Labute approximate surface area is 158 Å². The van der Waals surface area contributed by atoms with Crippen LogP contribution < -0.4 is 0 Å². The second-order valence-corrected chi connectivity index (χ2v) is 7.34. The molecule has 0 saturated carbocycles. The molecule has 116 valence electrons. The van der Waals surface area contributed by atoms with Crippen LogP contribution >= 0.6 is 31.9 Å². The van der Waals surface area contributed by atoms with E-state index >= 15 is 0 Å². The highest BCUT2D eigenvalue weighted by atomic mass is 79.9. The van der Waals surface area contributed by atoms with Gasteiger partial charge in [-0.15, -0.1) is 0 Å². The molecule has 0 aliphatic rings. The van der Waals surface area contributed by atoms with Gasteiger partial charge in [-0.2, -0.15) is 0 Å². The van der Waals surface area contributed by atoms with Crippen molar-refractivity contribution in [2.75, 3.05) is 0 Å². The normalized spacial score (nSPS) is 12.4. The maximum absolute atomic E-state index is 3.77. The van der Waals surface area contributed by atoms with Crippen LogP contribution in [0.3, 0.4) is 0 Å². The van der Waals surface area contributed by atoms with E-state index in [0.29, 0.717) is 0 Å². The molecule has 24 heavy (non-hydrogen) atoms. The van der Waals surface area contributed by atoms with Crippen molar-refractivity contribution in [1.82, 2.24) is 0 Å². The third-order valence-corrected chi connectivity index (χ3v) is 6.44. The van der Waals surface area contributed by atoms with Gasteiger partial charge in [-0.3, -0.25) is 0 Å². The molecule has 2 heteroatoms. The molecular formula is C22H14Br2. The summed E-state index contributed by atoms with van der Waals surface area (Å²) in [6, 6.07) is 29.9. The quantitative estimate of drug-likeness (QED) is 0.283. The van der Waals surface area contributed by atoms with E-state index in [2.05, 4.69) is 117 Å². The maximum Gasteiger partial charge on any atom is 0.0396 e. The zero-order valence-electron chi connectivity index (χ0n) is 12.8. The van der Waals surface area contributed by atoms with Crippen LogP contribution in [0, 0.1) is 0 Å². The van der Waals surface area contributed by atoms with Crippen LogP contribution in [0.4, 0.5) is 0 Å². The number of fused-ring (bicyclic) bond motifs is 2. The zero-order chi connectivity index (χ0) is 16.5. The molecule has 4 rings (SSSR count). The van der Waals surface area contributed by atoms with Crippen LogP contribution in [0.1, 0.15) is 11.1 Å². The SMILES string of the molecule is BrC(=C(Br)c1ccc2ccccc2c1)c1ccc2ccccc2c1. The first kappa shape index (κ1) is 15.6. The Kier molecular flexibility index (Phi) is 4.26. The van der Waals surface area contributed by atoms with Crippen molar-refractivity contribution < 1.29 is 0 Å². The molecule has 0 bridgehead atoms. The Morgan fingerprint density at radius 1 is 0.458 bits per heavy atom. The summed E-state index contributed by atoms with van der Waals surface area (Å²) in [6.07, 6.45) is 0. The number of rotatable bonds is 2. The second-order valence-electron chi connectivity index (χ2n) is 5.75. The van der Waals surface area contributed by atoms with E-state index < -0.39 is 0 Å². The van der Waals surface area contributed by atoms with Crippen molar-refractivity contribution >= 4 is 62.4 Å². The average molecular weight is 438 g/mol. The fraction of sp³-hybridized carbons (Fsp3) is 0. The summed E-state index contributed by atoms with van der Waals surface area (Å²) in [7, 11) is 0. The van der Waals surface area contributed by atoms with Crippen molar-refractivity contribution in [2.45, 2.75) is 0 Å². The summed E-state index contributed by atoms with van der Waals surface area (Å²) >= 11 is 7.54. The molecule has 0 aliphatic carbocycles. The minimum atomic E-state index is 1.06. The van der Waals surface area contributed by atoms with Crippen molar-refractivity contribution in [3.8, 4) is 0 Å². The Hall–Kier alpha value is -1.90. The van der Waals surface area contributed by atoms with Gasteiger partial charge in [-0.25, -0.2) is 0 Å². The lowest BCUT2D eigenvalue weighted by atomic mass is 10.0. The number of hydrogen-bond acceptors (Lipinski definition) is 0. The highest BCUT2D eigenvalue weighted by Gasteiger charge is 2.08. The van der Waals surface area contributed by atoms with Gasteiger partial charge in [-0.05, 0) is 76.7 Å². The number of benzene rings is 4. The number of hydrogen-bond donors (Lipinski definition) is 0. The molecule has 0 atom stereocenters. The van der Waals surface area contributed by atoms with Crippen LogP contribution in [-0.2, 0) is 0 Å². The average Bonchev–Trinajstić information content (AvgIpc) is 2.66. The summed E-state index contributed by atoms with van der Waals surface area (Å²) in [6.45, 7) is 0. The van der Waals surface area contributed by atoms with Gasteiger partial charge in [0.2, 0.25) is 0 Å². The van der Waals surface area contributed by atoms with Crippen LogP contribution in [0.25, 0.3) is 30.5 Å². The summed E-state index contributed by atoms with van der Waals surface area (Å²) in [5.74, 6) is 0. The van der Waals surface area contributed by atoms with Gasteiger partial charge in [0.25, 0.3) is 0 Å². The van der Waals surface area contributed by atoms with Crippen molar-refractivity contribution in [2.24, 2.45) is 0 Å². The Morgan fingerprint density at radius 3 is 1.25 bits per heavy atom. The lowest BCUT2D eigenvalue weighted by Crippen LogP contribution is -1.84. The molecule has 0 N–H and O–H groups in total. The van der Waals surface area contributed by atoms with Crippen LogP contribution in [-0.4, -0.2) is 0 Å². The fourth-order valence-electron chi connectivity index (χ4n) is 2.91. The Bertz CT molecular complexity index is 990. The molecule has 0 saturated heterocycles. The van der Waals surface area contributed by atoms with Crippen molar-refractivity contribution in [3.63, 3.8) is 0 Å². The van der Waals surface area contributed by atoms with Gasteiger partial charge in [0.1, 0.15) is 0 Å². The molecule has 0 heterocycles. The van der Waals surface area contributed by atoms with E-state index in [-0.39, 0.29) is 0 Å². The first-order valence-electron chi connectivity index (χ1n) is 7.76. The highest BCUT2D eigenvalue weighted by molar-refractivity contribution is 9.18. The van der Waals surface area contributed by atoms with E-state index in [9.17, 15) is 0 Å². The van der Waals surface area contributed by atoms with Gasteiger partial charge >= 0.3 is 0 Å². The van der Waals surface area contributed by atoms with E-state index in [1.54, 1.807) is 0 Å². The van der Waals surface area contributed by atoms with Gasteiger partial charge in [-0.1, -0.05) is 72.8 Å². The smallest absolute Gasteiger partial charge is 0.0396 e. The predicted molar refractivity (Wildman–Crippen MR) is 113 cm³/mol. The van der Waals surface area contributed by atoms with Crippen molar-refractivity contribution in [3.05, 3.63) is 96.1 Å². The molecule has 0 nitrogen and oxygen atoms in total. The van der Waals surface area contributed by atoms with Crippen molar-refractivity contribution in [1.29, 1.82) is 0 Å². The molecule has 0 spiro atoms. The Balaban J connectivity index is 1.82. The molecule has 4 aromatic rings. The third-order valence-electron chi connectivity index (χ3n) is 4.20. The minimum absolute atomic E-state index is 1.06. The van der Waals surface area contributed by atoms with E-state index in [1.165, 1.54) is 21.5 Å². The maximum atomic E-state index is 3.77. The third kappa shape index (κ3) is 2.92. The fourth-order valence-corrected chi connectivity index (χ4v) is 3.86. The molecule has 0 aromatic heterocycles. The summed E-state index contributed by atoms with van der Waals surface area (Å²) in [4.78, 5) is 0.